The molecule has 0 unspecified atom stereocenters. The van der Waals surface area contributed by atoms with Crippen LogP contribution in [0.3, 0.4) is 0 Å². The van der Waals surface area contributed by atoms with Crippen molar-refractivity contribution in [3.8, 4) is 0 Å². The van der Waals surface area contributed by atoms with Gasteiger partial charge in [-0.15, -0.1) is 0 Å². The summed E-state index contributed by atoms with van der Waals surface area (Å²) in [5.74, 6) is 2.75. The zero-order valence-corrected chi connectivity index (χ0v) is 14.1. The average Bonchev–Trinajstić information content (AvgIpc) is 2.55. The van der Waals surface area contributed by atoms with Crippen LogP contribution in [0, 0.1) is 0 Å². The van der Waals surface area contributed by atoms with Crippen molar-refractivity contribution in [1.82, 2.24) is 0 Å². The third-order valence-corrected chi connectivity index (χ3v) is 5.48. The fourth-order valence-electron chi connectivity index (χ4n) is 3.08. The highest BCUT2D eigenvalue weighted by atomic mass is 32.2. The lowest BCUT2D eigenvalue weighted by Crippen LogP contribution is -2.06. The monoisotopic (exact) mass is 304 g/mol. The summed E-state index contributed by atoms with van der Waals surface area (Å²) in [7, 11) is 0. The Labute approximate surface area is 133 Å². The van der Waals surface area contributed by atoms with Crippen molar-refractivity contribution in [3.05, 3.63) is 35.4 Å². The molecule has 0 radical (unpaired) electrons. The molecule has 0 atom stereocenters. The fourth-order valence-corrected chi connectivity index (χ4v) is 3.98. The first kappa shape index (κ1) is 16.6. The lowest BCUT2D eigenvalue weighted by Gasteiger charge is -2.22. The minimum atomic E-state index is 0.284. The molecule has 0 N–H and O–H groups in total. The molecule has 1 nitrogen and oxygen atoms in total. The molecule has 1 aromatic carbocycles. The second-order valence-corrected chi connectivity index (χ2v) is 7.24. The van der Waals surface area contributed by atoms with E-state index in [1.807, 2.05) is 12.1 Å². The maximum atomic E-state index is 12.1. The van der Waals surface area contributed by atoms with Gasteiger partial charge in [-0.3, -0.25) is 4.79 Å². The van der Waals surface area contributed by atoms with Crippen molar-refractivity contribution < 1.29 is 4.79 Å². The Hall–Kier alpha value is -0.760. The van der Waals surface area contributed by atoms with Crippen LogP contribution in [0.4, 0.5) is 0 Å². The summed E-state index contributed by atoms with van der Waals surface area (Å²) in [6.07, 6.45) is 10.5. The van der Waals surface area contributed by atoms with E-state index in [1.54, 1.807) is 11.8 Å². The van der Waals surface area contributed by atoms with Gasteiger partial charge in [0.15, 0.2) is 5.78 Å². The summed E-state index contributed by atoms with van der Waals surface area (Å²) in [6, 6.07) is 8.45. The zero-order chi connectivity index (χ0) is 14.9. The molecule has 116 valence electrons. The maximum absolute atomic E-state index is 12.1. The molecular weight excluding hydrogens is 276 g/mol. The standard InChI is InChI=1S/C19H28OS/c1-2-3-7-14-21-15-19(20)18-12-10-17(11-13-18)16-8-5-4-6-9-16/h10-13,16H,2-9,14-15H2,1H3. The Morgan fingerprint density at radius 3 is 2.48 bits per heavy atom. The molecule has 0 bridgehead atoms. The van der Waals surface area contributed by atoms with Crippen LogP contribution >= 0.6 is 11.8 Å². The van der Waals surface area contributed by atoms with Crippen molar-refractivity contribution in [1.29, 1.82) is 0 Å². The van der Waals surface area contributed by atoms with Crippen LogP contribution in [0.1, 0.15) is 80.1 Å². The van der Waals surface area contributed by atoms with Crippen LogP contribution in [-0.4, -0.2) is 17.3 Å². The topological polar surface area (TPSA) is 17.1 Å². The fraction of sp³-hybridized carbons (Fsp3) is 0.632. The largest absolute Gasteiger partial charge is 0.293 e. The van der Waals surface area contributed by atoms with Crippen molar-refractivity contribution in [3.63, 3.8) is 0 Å². The van der Waals surface area contributed by atoms with Crippen LogP contribution < -0.4 is 0 Å². The van der Waals surface area contributed by atoms with Crippen molar-refractivity contribution in [2.75, 3.05) is 11.5 Å². The van der Waals surface area contributed by atoms with Gasteiger partial charge in [0.2, 0.25) is 0 Å². The van der Waals surface area contributed by atoms with Gasteiger partial charge in [-0.05, 0) is 36.5 Å². The molecule has 1 fully saturated rings. The molecule has 0 aliphatic heterocycles. The molecule has 2 heteroatoms. The molecule has 0 amide bonds. The van der Waals surface area contributed by atoms with E-state index in [0.29, 0.717) is 5.75 Å². The quantitative estimate of drug-likeness (QED) is 0.443. The number of carbonyl (C=O) groups excluding carboxylic acids is 1. The van der Waals surface area contributed by atoms with Crippen LogP contribution in [0.5, 0.6) is 0 Å². The Bertz CT molecular complexity index is 418. The summed E-state index contributed by atoms with van der Waals surface area (Å²) >= 11 is 1.78. The van der Waals surface area contributed by atoms with Gasteiger partial charge in [0, 0.05) is 5.56 Å². The number of Topliss-reactive ketones (excluding diaryl/α,β-unsaturated/α-hetero) is 1. The van der Waals surface area contributed by atoms with E-state index in [9.17, 15) is 4.79 Å². The minimum absolute atomic E-state index is 0.284. The van der Waals surface area contributed by atoms with Crippen LogP contribution in [0.15, 0.2) is 24.3 Å². The van der Waals surface area contributed by atoms with Gasteiger partial charge in [0.25, 0.3) is 0 Å². The van der Waals surface area contributed by atoms with Gasteiger partial charge in [-0.25, -0.2) is 0 Å². The average molecular weight is 304 g/mol. The Balaban J connectivity index is 1.79. The Morgan fingerprint density at radius 2 is 1.81 bits per heavy atom. The summed E-state index contributed by atoms with van der Waals surface area (Å²) in [5.41, 5.74) is 2.32. The number of ketones is 1. The first-order chi connectivity index (χ1) is 10.3. The van der Waals surface area contributed by atoms with E-state index in [4.69, 9.17) is 0 Å². The predicted octanol–water partition coefficient (Wildman–Crippen LogP) is 5.84. The molecule has 1 aliphatic carbocycles. The van der Waals surface area contributed by atoms with Crippen LogP contribution in [0.25, 0.3) is 0 Å². The molecule has 2 rings (SSSR count). The molecule has 0 heterocycles. The van der Waals surface area contributed by atoms with Gasteiger partial charge < -0.3 is 0 Å². The Morgan fingerprint density at radius 1 is 1.10 bits per heavy atom. The van der Waals surface area contributed by atoms with Crippen LogP contribution in [0.2, 0.25) is 0 Å². The second-order valence-electron chi connectivity index (χ2n) is 6.14. The third kappa shape index (κ3) is 5.50. The number of unbranched alkanes of at least 4 members (excludes halogenated alkanes) is 2. The van der Waals surface area contributed by atoms with Gasteiger partial charge in [0.1, 0.15) is 0 Å². The van der Waals surface area contributed by atoms with E-state index < -0.39 is 0 Å². The van der Waals surface area contributed by atoms with E-state index in [-0.39, 0.29) is 5.78 Å². The molecule has 21 heavy (non-hydrogen) atoms. The molecular formula is C19H28OS. The minimum Gasteiger partial charge on any atom is -0.293 e. The van der Waals surface area contributed by atoms with E-state index in [1.165, 1.54) is 56.9 Å². The first-order valence-corrected chi connectivity index (χ1v) is 9.67. The number of carbonyl (C=O) groups is 1. The number of rotatable bonds is 8. The first-order valence-electron chi connectivity index (χ1n) is 8.52. The molecule has 1 aromatic rings. The van der Waals surface area contributed by atoms with Crippen molar-refractivity contribution in [2.24, 2.45) is 0 Å². The van der Waals surface area contributed by atoms with Gasteiger partial charge in [-0.1, -0.05) is 63.3 Å². The van der Waals surface area contributed by atoms with Crippen molar-refractivity contribution in [2.45, 2.75) is 64.2 Å². The molecule has 0 saturated heterocycles. The normalized spacial score (nSPS) is 16.0. The van der Waals surface area contributed by atoms with Gasteiger partial charge >= 0.3 is 0 Å². The number of benzene rings is 1. The summed E-state index contributed by atoms with van der Waals surface area (Å²) in [6.45, 7) is 2.21. The molecule has 1 aliphatic rings. The zero-order valence-electron chi connectivity index (χ0n) is 13.3. The number of hydrogen-bond acceptors (Lipinski definition) is 2. The predicted molar refractivity (Wildman–Crippen MR) is 93.4 cm³/mol. The van der Waals surface area contributed by atoms with Crippen LogP contribution in [-0.2, 0) is 0 Å². The maximum Gasteiger partial charge on any atom is 0.172 e. The van der Waals surface area contributed by atoms with E-state index >= 15 is 0 Å². The summed E-state index contributed by atoms with van der Waals surface area (Å²) in [5, 5.41) is 0. The Kier molecular flexibility index (Phi) is 7.35. The highest BCUT2D eigenvalue weighted by Crippen LogP contribution is 2.32. The lowest BCUT2D eigenvalue weighted by molar-refractivity contribution is 0.102. The third-order valence-electron chi connectivity index (χ3n) is 4.43. The summed E-state index contributed by atoms with van der Waals surface area (Å²) < 4.78 is 0. The number of thioether (sulfide) groups is 1. The second kappa shape index (κ2) is 9.30. The lowest BCUT2D eigenvalue weighted by atomic mass is 9.84. The molecule has 0 spiro atoms. The van der Waals surface area contributed by atoms with Gasteiger partial charge in [-0.2, -0.15) is 11.8 Å². The number of hydrogen-bond donors (Lipinski definition) is 0. The van der Waals surface area contributed by atoms with Gasteiger partial charge in [0.05, 0.1) is 5.75 Å². The highest BCUT2D eigenvalue weighted by molar-refractivity contribution is 7.99. The smallest absolute Gasteiger partial charge is 0.172 e. The SMILES string of the molecule is CCCCCSCC(=O)c1ccc(C2CCCCC2)cc1. The summed E-state index contributed by atoms with van der Waals surface area (Å²) in [4.78, 5) is 12.1. The van der Waals surface area contributed by atoms with E-state index in [2.05, 4.69) is 19.1 Å². The van der Waals surface area contributed by atoms with E-state index in [0.717, 1.165) is 17.2 Å². The van der Waals surface area contributed by atoms with Crippen molar-refractivity contribution >= 4 is 17.5 Å². The highest BCUT2D eigenvalue weighted by Gasteiger charge is 2.15. The molecule has 0 aromatic heterocycles. The molecule has 1 saturated carbocycles.